The summed E-state index contributed by atoms with van der Waals surface area (Å²) < 4.78 is 29.6. The monoisotopic (exact) mass is 691 g/mol. The van der Waals surface area contributed by atoms with Crippen LogP contribution in [0.1, 0.15) is 48.8 Å². The van der Waals surface area contributed by atoms with Crippen LogP contribution in [-0.4, -0.2) is 43.8 Å². The maximum absolute atomic E-state index is 14.7. The van der Waals surface area contributed by atoms with E-state index in [0.29, 0.717) is 21.3 Å². The molecule has 0 spiro atoms. The van der Waals surface area contributed by atoms with Gasteiger partial charge in [-0.1, -0.05) is 103 Å². The number of sulfonamides is 1. The molecular formula is C37H39Cl2N3O4S. The second kappa shape index (κ2) is 15.8. The van der Waals surface area contributed by atoms with Gasteiger partial charge in [0.2, 0.25) is 11.8 Å². The fourth-order valence-corrected chi connectivity index (χ4v) is 7.71. The first-order chi connectivity index (χ1) is 22.6. The van der Waals surface area contributed by atoms with Gasteiger partial charge in [-0.25, -0.2) is 8.42 Å². The number of rotatable bonds is 12. The summed E-state index contributed by atoms with van der Waals surface area (Å²) in [5.41, 5.74) is 2.69. The Hall–Kier alpha value is -3.85. The summed E-state index contributed by atoms with van der Waals surface area (Å²) in [6.07, 6.45) is 5.24. The van der Waals surface area contributed by atoms with Gasteiger partial charge in [-0.15, -0.1) is 0 Å². The van der Waals surface area contributed by atoms with Gasteiger partial charge in [0.25, 0.3) is 10.0 Å². The highest BCUT2D eigenvalue weighted by Gasteiger charge is 2.35. The topological polar surface area (TPSA) is 86.8 Å². The van der Waals surface area contributed by atoms with Crippen LogP contribution in [-0.2, 0) is 32.6 Å². The zero-order valence-electron chi connectivity index (χ0n) is 26.3. The molecule has 1 aliphatic rings. The number of hydrogen-bond donors (Lipinski definition) is 1. The van der Waals surface area contributed by atoms with Gasteiger partial charge in [-0.3, -0.25) is 13.9 Å². The van der Waals surface area contributed by atoms with E-state index in [1.807, 2.05) is 48.5 Å². The number of carbonyl (C=O) groups excluding carboxylic acids is 2. The van der Waals surface area contributed by atoms with E-state index in [1.54, 1.807) is 37.3 Å². The maximum atomic E-state index is 14.7. The van der Waals surface area contributed by atoms with Crippen molar-refractivity contribution in [1.82, 2.24) is 10.2 Å². The summed E-state index contributed by atoms with van der Waals surface area (Å²) in [6.45, 7) is 1.35. The number of amides is 2. The van der Waals surface area contributed by atoms with Gasteiger partial charge >= 0.3 is 0 Å². The first-order valence-electron chi connectivity index (χ1n) is 15.8. The third-order valence-corrected chi connectivity index (χ3v) is 10.8. The van der Waals surface area contributed by atoms with Crippen molar-refractivity contribution in [2.45, 2.75) is 69.0 Å². The van der Waals surface area contributed by atoms with E-state index in [0.717, 1.165) is 47.5 Å². The van der Waals surface area contributed by atoms with Gasteiger partial charge < -0.3 is 10.2 Å². The number of aryl methyl sites for hydroxylation is 1. The lowest BCUT2D eigenvalue weighted by Gasteiger charge is -2.35. The summed E-state index contributed by atoms with van der Waals surface area (Å²) in [4.78, 5) is 30.4. The van der Waals surface area contributed by atoms with Crippen molar-refractivity contribution in [1.29, 1.82) is 0 Å². The Labute approximate surface area is 287 Å². The van der Waals surface area contributed by atoms with Crippen LogP contribution in [0.25, 0.3) is 0 Å². The first-order valence-corrected chi connectivity index (χ1v) is 18.0. The van der Waals surface area contributed by atoms with Crippen LogP contribution < -0.4 is 9.62 Å². The van der Waals surface area contributed by atoms with Crippen LogP contribution in [0, 0.1) is 6.92 Å². The zero-order valence-corrected chi connectivity index (χ0v) is 28.6. The number of benzene rings is 4. The molecule has 1 unspecified atom stereocenters. The van der Waals surface area contributed by atoms with E-state index in [9.17, 15) is 18.0 Å². The molecule has 1 aliphatic carbocycles. The molecule has 47 heavy (non-hydrogen) atoms. The lowest BCUT2D eigenvalue weighted by atomic mass is 9.94. The number of nitrogens with one attached hydrogen (secondary N) is 1. The molecule has 7 nitrogen and oxygen atoms in total. The van der Waals surface area contributed by atoms with Crippen LogP contribution in [0.3, 0.4) is 0 Å². The molecule has 5 rings (SSSR count). The highest BCUT2D eigenvalue weighted by atomic mass is 35.5. The summed E-state index contributed by atoms with van der Waals surface area (Å²) in [5, 5.41) is 4.16. The summed E-state index contributed by atoms with van der Waals surface area (Å²) in [5.74, 6) is -0.772. The summed E-state index contributed by atoms with van der Waals surface area (Å²) in [7, 11) is -4.22. The second-order valence-corrected chi connectivity index (χ2v) is 14.7. The number of carbonyl (C=O) groups is 2. The number of nitrogens with zero attached hydrogens (tertiary/aromatic N) is 2. The molecule has 2 amide bonds. The van der Waals surface area contributed by atoms with Crippen molar-refractivity contribution in [3.63, 3.8) is 0 Å². The summed E-state index contributed by atoms with van der Waals surface area (Å²) in [6, 6.07) is 28.6. The molecule has 1 fully saturated rings. The van der Waals surface area contributed by atoms with Crippen molar-refractivity contribution in [2.75, 3.05) is 10.8 Å². The fourth-order valence-electron chi connectivity index (χ4n) is 5.98. The zero-order chi connectivity index (χ0) is 33.4. The normalized spacial score (nSPS) is 14.3. The van der Waals surface area contributed by atoms with E-state index in [2.05, 4.69) is 5.32 Å². The van der Waals surface area contributed by atoms with Gasteiger partial charge in [0.1, 0.15) is 12.6 Å². The molecule has 0 bridgehead atoms. The van der Waals surface area contributed by atoms with Crippen molar-refractivity contribution in [2.24, 2.45) is 0 Å². The maximum Gasteiger partial charge on any atom is 0.264 e. The van der Waals surface area contributed by atoms with Crippen LogP contribution in [0.5, 0.6) is 0 Å². The van der Waals surface area contributed by atoms with Crippen molar-refractivity contribution >= 4 is 50.7 Å². The molecule has 0 aliphatic heterocycles. The van der Waals surface area contributed by atoms with E-state index in [1.165, 1.54) is 29.2 Å². The molecule has 0 saturated heterocycles. The Morgan fingerprint density at radius 2 is 1.38 bits per heavy atom. The smallest absolute Gasteiger partial charge is 0.264 e. The Morgan fingerprint density at radius 1 is 0.787 bits per heavy atom. The quantitative estimate of drug-likeness (QED) is 0.166. The average molecular weight is 693 g/mol. The Morgan fingerprint density at radius 3 is 2.02 bits per heavy atom. The van der Waals surface area contributed by atoms with E-state index in [4.69, 9.17) is 23.2 Å². The Kier molecular flexibility index (Phi) is 11.6. The second-order valence-electron chi connectivity index (χ2n) is 11.9. The molecule has 1 atom stereocenters. The number of hydrogen-bond acceptors (Lipinski definition) is 4. The molecule has 0 aromatic heterocycles. The molecule has 4 aromatic rings. The van der Waals surface area contributed by atoms with Gasteiger partial charge in [0, 0.05) is 29.1 Å². The molecule has 4 aromatic carbocycles. The van der Waals surface area contributed by atoms with Crippen molar-refractivity contribution in [3.8, 4) is 0 Å². The molecule has 0 heterocycles. The van der Waals surface area contributed by atoms with Crippen LogP contribution >= 0.6 is 23.2 Å². The van der Waals surface area contributed by atoms with Crippen molar-refractivity contribution < 1.29 is 18.0 Å². The predicted octanol–water partition coefficient (Wildman–Crippen LogP) is 7.59. The standard InChI is InChI=1S/C37H39Cl2N3O4S/c1-27-10-8-9-15-34(27)42(47(45,46)33-22-20-31(39)21-23-33)26-36(43)41(25-29-16-18-30(38)19-17-29)35(24-28-11-4-2-5-12-28)37(44)40-32-13-6-3-7-14-32/h2,4-5,8-12,15-23,32,35H,3,6-7,13-14,24-26H2,1H3,(H,40,44). The van der Waals surface area contributed by atoms with Gasteiger partial charge in [0.05, 0.1) is 10.6 Å². The van der Waals surface area contributed by atoms with Gasteiger partial charge in [-0.2, -0.15) is 0 Å². The van der Waals surface area contributed by atoms with Gasteiger partial charge in [-0.05, 0) is 78.9 Å². The number of halogens is 2. The first kappa shape index (κ1) is 34.5. The minimum atomic E-state index is -4.22. The van der Waals surface area contributed by atoms with Crippen LogP contribution in [0.4, 0.5) is 5.69 Å². The molecular weight excluding hydrogens is 653 g/mol. The summed E-state index contributed by atoms with van der Waals surface area (Å²) >= 11 is 12.3. The predicted molar refractivity (Wildman–Crippen MR) is 188 cm³/mol. The number of para-hydroxylation sites is 1. The third-order valence-electron chi connectivity index (χ3n) is 8.55. The average Bonchev–Trinajstić information content (AvgIpc) is 3.07. The SMILES string of the molecule is Cc1ccccc1N(CC(=O)N(Cc1ccc(Cl)cc1)C(Cc1ccccc1)C(=O)NC1CCCCC1)S(=O)(=O)c1ccc(Cl)cc1. The fraction of sp³-hybridized carbons (Fsp3) is 0.297. The van der Waals surface area contributed by atoms with E-state index < -0.39 is 28.5 Å². The Bertz CT molecular complexity index is 1760. The van der Waals surface area contributed by atoms with E-state index in [-0.39, 0.29) is 29.8 Å². The number of anilines is 1. The highest BCUT2D eigenvalue weighted by Crippen LogP contribution is 2.29. The van der Waals surface area contributed by atoms with Crippen LogP contribution in [0.2, 0.25) is 10.0 Å². The lowest BCUT2D eigenvalue weighted by Crippen LogP contribution is -2.55. The van der Waals surface area contributed by atoms with Gasteiger partial charge in [0.15, 0.2) is 0 Å². The van der Waals surface area contributed by atoms with Crippen molar-refractivity contribution in [3.05, 3.63) is 130 Å². The minimum absolute atomic E-state index is 0.00178. The molecule has 0 radical (unpaired) electrons. The van der Waals surface area contributed by atoms with E-state index >= 15 is 0 Å². The lowest BCUT2D eigenvalue weighted by molar-refractivity contribution is -0.140. The third kappa shape index (κ3) is 8.95. The molecule has 1 N–H and O–H groups in total. The highest BCUT2D eigenvalue weighted by molar-refractivity contribution is 7.92. The molecule has 10 heteroatoms. The molecule has 246 valence electrons. The largest absolute Gasteiger partial charge is 0.352 e. The molecule has 1 saturated carbocycles. The van der Waals surface area contributed by atoms with Crippen LogP contribution in [0.15, 0.2) is 108 Å². The Balaban J connectivity index is 1.56. The minimum Gasteiger partial charge on any atom is -0.352 e.